The highest BCUT2D eigenvalue weighted by Crippen LogP contribution is 2.23. The van der Waals surface area contributed by atoms with Crippen molar-refractivity contribution in [3.8, 4) is 5.75 Å². The summed E-state index contributed by atoms with van der Waals surface area (Å²) in [7, 11) is -4.00. The van der Waals surface area contributed by atoms with Gasteiger partial charge in [0.1, 0.15) is 10.6 Å². The van der Waals surface area contributed by atoms with Crippen LogP contribution in [0.15, 0.2) is 65.6 Å². The fraction of sp³-hybridized carbons (Fsp3) is 0.130. The van der Waals surface area contributed by atoms with Gasteiger partial charge in [0.25, 0.3) is 5.91 Å². The van der Waals surface area contributed by atoms with Gasteiger partial charge in [0, 0.05) is 16.8 Å². The maximum Gasteiger partial charge on any atom is 0.339 e. The monoisotopic (exact) mass is 438 g/mol. The molecule has 0 aliphatic carbocycles. The molecule has 31 heavy (non-hydrogen) atoms. The molecule has 0 aromatic heterocycles. The number of amides is 2. The summed E-state index contributed by atoms with van der Waals surface area (Å²) in [6, 6.07) is 15.6. The Morgan fingerprint density at radius 1 is 0.871 bits per heavy atom. The molecule has 3 aromatic carbocycles. The Morgan fingerprint density at radius 2 is 1.55 bits per heavy atom. The molecule has 0 saturated heterocycles. The first-order valence-electron chi connectivity index (χ1n) is 9.40. The number of primary amides is 1. The van der Waals surface area contributed by atoms with E-state index in [1.165, 1.54) is 24.3 Å². The Bertz CT molecular complexity index is 1270. The fourth-order valence-corrected chi connectivity index (χ4v) is 4.28. The molecule has 3 aromatic rings. The van der Waals surface area contributed by atoms with Crippen LogP contribution >= 0.6 is 0 Å². The second-order valence-corrected chi connectivity index (χ2v) is 8.69. The lowest BCUT2D eigenvalue weighted by molar-refractivity contribution is 0.0997. The van der Waals surface area contributed by atoms with Gasteiger partial charge in [-0.2, -0.15) is 8.42 Å². The van der Waals surface area contributed by atoms with Crippen LogP contribution in [0, 0.1) is 20.8 Å². The minimum atomic E-state index is -4.00. The van der Waals surface area contributed by atoms with Crippen molar-refractivity contribution >= 4 is 27.6 Å². The number of aryl methyl sites for hydroxylation is 3. The number of carbonyl (C=O) groups is 2. The molecule has 3 rings (SSSR count). The molecule has 0 saturated carbocycles. The van der Waals surface area contributed by atoms with E-state index in [4.69, 9.17) is 9.92 Å². The highest BCUT2D eigenvalue weighted by Gasteiger charge is 2.20. The van der Waals surface area contributed by atoms with Crippen LogP contribution in [-0.2, 0) is 10.1 Å². The normalized spacial score (nSPS) is 11.1. The smallest absolute Gasteiger partial charge is 0.339 e. The average Bonchev–Trinajstić information content (AvgIpc) is 2.69. The third kappa shape index (κ3) is 5.10. The van der Waals surface area contributed by atoms with Crippen LogP contribution in [0.5, 0.6) is 5.75 Å². The Kier molecular flexibility index (Phi) is 6.12. The summed E-state index contributed by atoms with van der Waals surface area (Å²) >= 11 is 0. The molecular formula is C23H22N2O5S. The van der Waals surface area contributed by atoms with Gasteiger partial charge in [-0.3, -0.25) is 9.59 Å². The minimum Gasteiger partial charge on any atom is -0.379 e. The van der Waals surface area contributed by atoms with Crippen LogP contribution in [0.1, 0.15) is 37.4 Å². The van der Waals surface area contributed by atoms with Gasteiger partial charge in [-0.15, -0.1) is 0 Å². The van der Waals surface area contributed by atoms with E-state index in [0.717, 1.165) is 5.56 Å². The summed E-state index contributed by atoms with van der Waals surface area (Å²) in [5.41, 5.74) is 8.52. The summed E-state index contributed by atoms with van der Waals surface area (Å²) in [6.45, 7) is 5.22. The summed E-state index contributed by atoms with van der Waals surface area (Å²) in [5, 5.41) is 2.72. The Hall–Kier alpha value is -3.65. The van der Waals surface area contributed by atoms with Gasteiger partial charge in [-0.25, -0.2) is 0 Å². The van der Waals surface area contributed by atoms with Crippen molar-refractivity contribution in [2.45, 2.75) is 25.7 Å². The standard InChI is InChI=1S/C23H22N2O5S/c1-14-4-5-15(2)21(12-14)31(28,29)30-19-9-6-17(7-10-19)23(27)25-18-8-11-20(22(24)26)16(3)13-18/h4-13H,1-3H3,(H2,24,26)(H,25,27). The van der Waals surface area contributed by atoms with Crippen molar-refractivity contribution < 1.29 is 22.2 Å². The van der Waals surface area contributed by atoms with Gasteiger partial charge < -0.3 is 15.2 Å². The van der Waals surface area contributed by atoms with Crippen molar-refractivity contribution in [1.82, 2.24) is 0 Å². The molecule has 0 unspecified atom stereocenters. The van der Waals surface area contributed by atoms with Gasteiger partial charge in [0.2, 0.25) is 5.91 Å². The van der Waals surface area contributed by atoms with Crippen LogP contribution in [0.2, 0.25) is 0 Å². The van der Waals surface area contributed by atoms with E-state index >= 15 is 0 Å². The maximum absolute atomic E-state index is 12.6. The quantitative estimate of drug-likeness (QED) is 0.569. The molecule has 0 atom stereocenters. The first-order chi connectivity index (χ1) is 14.6. The third-order valence-electron chi connectivity index (χ3n) is 4.69. The fourth-order valence-electron chi connectivity index (χ4n) is 3.03. The third-order valence-corrected chi connectivity index (χ3v) is 6.08. The number of hydrogen-bond acceptors (Lipinski definition) is 5. The highest BCUT2D eigenvalue weighted by atomic mass is 32.2. The zero-order valence-corrected chi connectivity index (χ0v) is 18.1. The van der Waals surface area contributed by atoms with Crippen molar-refractivity contribution in [1.29, 1.82) is 0 Å². The largest absolute Gasteiger partial charge is 0.379 e. The lowest BCUT2D eigenvalue weighted by Gasteiger charge is -2.11. The highest BCUT2D eigenvalue weighted by molar-refractivity contribution is 7.87. The van der Waals surface area contributed by atoms with Crippen LogP contribution < -0.4 is 15.2 Å². The van der Waals surface area contributed by atoms with Gasteiger partial charge in [-0.1, -0.05) is 12.1 Å². The summed E-state index contributed by atoms with van der Waals surface area (Å²) in [6.07, 6.45) is 0. The van der Waals surface area contributed by atoms with Gasteiger partial charge in [0.15, 0.2) is 0 Å². The topological polar surface area (TPSA) is 116 Å². The van der Waals surface area contributed by atoms with E-state index in [9.17, 15) is 18.0 Å². The molecule has 0 bridgehead atoms. The Morgan fingerprint density at radius 3 is 2.16 bits per heavy atom. The molecule has 8 heteroatoms. The minimum absolute atomic E-state index is 0.0964. The number of anilines is 1. The van der Waals surface area contributed by atoms with Gasteiger partial charge >= 0.3 is 10.1 Å². The lowest BCUT2D eigenvalue weighted by atomic mass is 10.1. The zero-order chi connectivity index (χ0) is 22.8. The second-order valence-electron chi connectivity index (χ2n) is 7.18. The Labute approximate surface area is 181 Å². The predicted molar refractivity (Wildman–Crippen MR) is 118 cm³/mol. The van der Waals surface area contributed by atoms with E-state index in [2.05, 4.69) is 5.32 Å². The predicted octanol–water partition coefficient (Wildman–Crippen LogP) is 3.73. The van der Waals surface area contributed by atoms with E-state index in [1.54, 1.807) is 51.1 Å². The second kappa shape index (κ2) is 8.61. The Balaban J connectivity index is 1.74. The van der Waals surface area contributed by atoms with E-state index in [0.29, 0.717) is 27.9 Å². The molecule has 0 radical (unpaired) electrons. The molecule has 0 spiro atoms. The van der Waals surface area contributed by atoms with Crippen molar-refractivity contribution in [3.05, 3.63) is 88.5 Å². The van der Waals surface area contributed by atoms with E-state index in [1.807, 2.05) is 6.07 Å². The number of nitrogens with one attached hydrogen (secondary N) is 1. The first-order valence-corrected chi connectivity index (χ1v) is 10.8. The molecule has 7 nitrogen and oxygen atoms in total. The molecular weight excluding hydrogens is 416 g/mol. The number of carbonyl (C=O) groups excluding carboxylic acids is 2. The number of rotatable bonds is 6. The van der Waals surface area contributed by atoms with Crippen molar-refractivity contribution in [3.63, 3.8) is 0 Å². The summed E-state index contributed by atoms with van der Waals surface area (Å²) in [4.78, 5) is 23.9. The molecule has 0 aliphatic heterocycles. The number of hydrogen-bond donors (Lipinski definition) is 2. The number of benzene rings is 3. The summed E-state index contributed by atoms with van der Waals surface area (Å²) in [5.74, 6) is -0.837. The first kappa shape index (κ1) is 22.0. The molecule has 0 fully saturated rings. The average molecular weight is 439 g/mol. The van der Waals surface area contributed by atoms with E-state index in [-0.39, 0.29) is 10.6 Å². The SMILES string of the molecule is Cc1ccc(C)c(S(=O)(=O)Oc2ccc(C(=O)Nc3ccc(C(N)=O)c(C)c3)cc2)c1. The summed E-state index contributed by atoms with van der Waals surface area (Å²) < 4.78 is 30.4. The molecule has 160 valence electrons. The maximum atomic E-state index is 12.6. The van der Waals surface area contributed by atoms with Crippen LogP contribution in [-0.4, -0.2) is 20.2 Å². The van der Waals surface area contributed by atoms with Crippen LogP contribution in [0.25, 0.3) is 0 Å². The number of nitrogens with two attached hydrogens (primary N) is 1. The van der Waals surface area contributed by atoms with Crippen LogP contribution in [0.3, 0.4) is 0 Å². The van der Waals surface area contributed by atoms with Crippen molar-refractivity contribution in [2.75, 3.05) is 5.32 Å². The molecule has 0 heterocycles. The lowest BCUT2D eigenvalue weighted by Crippen LogP contribution is -2.15. The van der Waals surface area contributed by atoms with Crippen molar-refractivity contribution in [2.24, 2.45) is 5.73 Å². The molecule has 2 amide bonds. The molecule has 3 N–H and O–H groups in total. The van der Waals surface area contributed by atoms with Gasteiger partial charge in [0.05, 0.1) is 0 Å². The van der Waals surface area contributed by atoms with E-state index < -0.39 is 21.9 Å². The van der Waals surface area contributed by atoms with Gasteiger partial charge in [-0.05, 0) is 86.0 Å². The zero-order valence-electron chi connectivity index (χ0n) is 17.3. The van der Waals surface area contributed by atoms with Crippen LogP contribution in [0.4, 0.5) is 5.69 Å². The molecule has 0 aliphatic rings.